The lowest BCUT2D eigenvalue weighted by atomic mass is 10.1. The fourth-order valence-corrected chi connectivity index (χ4v) is 5.54. The second-order valence-corrected chi connectivity index (χ2v) is 10.9. The van der Waals surface area contributed by atoms with Gasteiger partial charge in [-0.25, -0.2) is 0 Å². The standard InChI is InChI=1S/C25H30F2N6O4S/c1-19(34)32-16-14-31(15-17-32)13-12-30(2)38(35,36)33(21-9-4-3-5-10-21)18-20-8-6-7-11-22(20)24-28-29-25(37-24)23(26)27/h3-11,23H,12-18H2,1-2H3. The highest BCUT2D eigenvalue weighted by Gasteiger charge is 2.30. The number of nitrogens with zero attached hydrogens (tertiary/aromatic N) is 6. The molecule has 13 heteroatoms. The van der Waals surface area contributed by atoms with E-state index >= 15 is 0 Å². The van der Waals surface area contributed by atoms with E-state index in [0.29, 0.717) is 49.5 Å². The van der Waals surface area contributed by atoms with Gasteiger partial charge in [-0.2, -0.15) is 21.5 Å². The number of aromatic nitrogens is 2. The van der Waals surface area contributed by atoms with E-state index < -0.39 is 22.5 Å². The number of halogens is 2. The second-order valence-electron chi connectivity index (χ2n) is 8.92. The number of piperazine rings is 1. The SMILES string of the molecule is CC(=O)N1CCN(CCN(C)S(=O)(=O)N(Cc2ccccc2-c2nnc(C(F)F)o2)c2ccccc2)CC1. The van der Waals surface area contributed by atoms with E-state index in [1.54, 1.807) is 66.4 Å². The largest absolute Gasteiger partial charge is 0.415 e. The van der Waals surface area contributed by atoms with Gasteiger partial charge in [0, 0.05) is 58.8 Å². The van der Waals surface area contributed by atoms with Crippen molar-refractivity contribution in [1.29, 1.82) is 0 Å². The number of alkyl halides is 2. The van der Waals surface area contributed by atoms with Gasteiger partial charge in [0.15, 0.2) is 0 Å². The number of benzene rings is 2. The van der Waals surface area contributed by atoms with Gasteiger partial charge in [0.05, 0.1) is 12.2 Å². The molecule has 0 spiro atoms. The highest BCUT2D eigenvalue weighted by molar-refractivity contribution is 7.90. The molecule has 38 heavy (non-hydrogen) atoms. The summed E-state index contributed by atoms with van der Waals surface area (Å²) in [6, 6.07) is 15.4. The van der Waals surface area contributed by atoms with Crippen LogP contribution in [0.1, 0.15) is 24.8 Å². The summed E-state index contributed by atoms with van der Waals surface area (Å²) in [5.74, 6) is -0.875. The molecular formula is C25H30F2N6O4S. The molecule has 0 saturated carbocycles. The maximum absolute atomic E-state index is 13.8. The van der Waals surface area contributed by atoms with Crippen molar-refractivity contribution in [3.05, 3.63) is 66.1 Å². The van der Waals surface area contributed by atoms with Crippen molar-refractivity contribution in [2.75, 3.05) is 50.6 Å². The molecule has 1 aromatic heterocycles. The third kappa shape index (κ3) is 6.34. The average molecular weight is 549 g/mol. The summed E-state index contributed by atoms with van der Waals surface area (Å²) in [4.78, 5) is 15.5. The van der Waals surface area contributed by atoms with Crippen LogP contribution in [-0.2, 0) is 21.5 Å². The topological polar surface area (TPSA) is 103 Å². The van der Waals surface area contributed by atoms with Crippen LogP contribution in [0.4, 0.5) is 14.5 Å². The van der Waals surface area contributed by atoms with Crippen LogP contribution in [0.5, 0.6) is 0 Å². The highest BCUT2D eigenvalue weighted by atomic mass is 32.2. The van der Waals surface area contributed by atoms with Gasteiger partial charge in [-0.05, 0) is 23.8 Å². The Morgan fingerprint density at radius 1 is 1.03 bits per heavy atom. The summed E-state index contributed by atoms with van der Waals surface area (Å²) in [6.07, 6.45) is -2.91. The smallest absolute Gasteiger partial charge is 0.314 e. The van der Waals surface area contributed by atoms with Gasteiger partial charge in [0.2, 0.25) is 11.8 Å². The molecule has 1 aliphatic heterocycles. The lowest BCUT2D eigenvalue weighted by molar-refractivity contribution is -0.130. The van der Waals surface area contributed by atoms with Crippen molar-refractivity contribution in [3.63, 3.8) is 0 Å². The Morgan fingerprint density at radius 3 is 2.32 bits per heavy atom. The van der Waals surface area contributed by atoms with Gasteiger partial charge < -0.3 is 9.32 Å². The molecule has 0 bridgehead atoms. The van der Waals surface area contributed by atoms with Crippen molar-refractivity contribution >= 4 is 21.8 Å². The fraction of sp³-hybridized carbons (Fsp3) is 0.400. The molecule has 0 unspecified atom stereocenters. The molecule has 4 rings (SSSR count). The summed E-state index contributed by atoms with van der Waals surface area (Å²) in [7, 11) is -2.47. The minimum atomic E-state index is -4.00. The van der Waals surface area contributed by atoms with Gasteiger partial charge in [0.1, 0.15) is 0 Å². The molecule has 1 saturated heterocycles. The molecule has 1 aliphatic rings. The number of hydrogen-bond acceptors (Lipinski definition) is 7. The maximum atomic E-state index is 13.8. The number of anilines is 1. The van der Waals surface area contributed by atoms with E-state index in [0.717, 1.165) is 0 Å². The van der Waals surface area contributed by atoms with Crippen LogP contribution in [0.2, 0.25) is 0 Å². The average Bonchev–Trinajstić information content (AvgIpc) is 3.42. The quantitative estimate of drug-likeness (QED) is 0.384. The van der Waals surface area contributed by atoms with E-state index in [2.05, 4.69) is 15.1 Å². The third-order valence-electron chi connectivity index (χ3n) is 6.45. The van der Waals surface area contributed by atoms with E-state index in [-0.39, 0.29) is 24.9 Å². The Bertz CT molecular complexity index is 1330. The Morgan fingerprint density at radius 2 is 1.68 bits per heavy atom. The minimum Gasteiger partial charge on any atom is -0.415 e. The molecule has 2 aromatic carbocycles. The zero-order chi connectivity index (χ0) is 27.3. The van der Waals surface area contributed by atoms with Crippen LogP contribution in [-0.4, -0.2) is 84.9 Å². The molecule has 1 amide bonds. The number of para-hydroxylation sites is 1. The maximum Gasteiger partial charge on any atom is 0.314 e. The molecule has 0 radical (unpaired) electrons. The van der Waals surface area contributed by atoms with Gasteiger partial charge in [0.25, 0.3) is 5.89 Å². The molecule has 0 aliphatic carbocycles. The Balaban J connectivity index is 1.55. The van der Waals surface area contributed by atoms with Gasteiger partial charge in [-0.3, -0.25) is 14.0 Å². The van der Waals surface area contributed by atoms with Crippen molar-refractivity contribution in [3.8, 4) is 11.5 Å². The zero-order valence-corrected chi connectivity index (χ0v) is 22.0. The van der Waals surface area contributed by atoms with Crippen molar-refractivity contribution < 1.29 is 26.4 Å². The van der Waals surface area contributed by atoms with Crippen molar-refractivity contribution in [2.24, 2.45) is 0 Å². The molecule has 204 valence electrons. The van der Waals surface area contributed by atoms with Gasteiger partial charge >= 0.3 is 16.6 Å². The molecule has 1 fully saturated rings. The fourth-order valence-electron chi connectivity index (χ4n) is 4.21. The number of amides is 1. The highest BCUT2D eigenvalue weighted by Crippen LogP contribution is 2.29. The Hall–Kier alpha value is -3.42. The van der Waals surface area contributed by atoms with Crippen molar-refractivity contribution in [2.45, 2.75) is 19.9 Å². The number of rotatable bonds is 10. The summed E-state index contributed by atoms with van der Waals surface area (Å²) >= 11 is 0. The van der Waals surface area contributed by atoms with Crippen LogP contribution in [0.3, 0.4) is 0 Å². The zero-order valence-electron chi connectivity index (χ0n) is 21.2. The van der Waals surface area contributed by atoms with Crippen LogP contribution in [0.25, 0.3) is 11.5 Å². The molecule has 10 nitrogen and oxygen atoms in total. The molecular weight excluding hydrogens is 518 g/mol. The summed E-state index contributed by atoms with van der Waals surface area (Å²) in [5, 5.41) is 7.14. The van der Waals surface area contributed by atoms with E-state index in [1.807, 2.05) is 0 Å². The molecule has 0 N–H and O–H groups in total. The van der Waals surface area contributed by atoms with Crippen LogP contribution in [0.15, 0.2) is 59.0 Å². The Kier molecular flexibility index (Phi) is 8.69. The van der Waals surface area contributed by atoms with Crippen molar-refractivity contribution in [1.82, 2.24) is 24.3 Å². The first kappa shape index (κ1) is 27.6. The first-order chi connectivity index (χ1) is 18.2. The van der Waals surface area contributed by atoms with Gasteiger partial charge in [-0.1, -0.05) is 36.4 Å². The number of likely N-dealkylation sites (N-methyl/N-ethyl adjacent to an activating group) is 1. The summed E-state index contributed by atoms with van der Waals surface area (Å²) < 4.78 is 61.4. The monoisotopic (exact) mass is 548 g/mol. The molecule has 0 atom stereocenters. The van der Waals surface area contributed by atoms with E-state index in [9.17, 15) is 22.0 Å². The van der Waals surface area contributed by atoms with Gasteiger partial charge in [-0.15, -0.1) is 10.2 Å². The number of carbonyl (C=O) groups is 1. The number of hydrogen-bond donors (Lipinski definition) is 0. The molecule has 2 heterocycles. The summed E-state index contributed by atoms with van der Waals surface area (Å²) in [5.41, 5.74) is 1.33. The van der Waals surface area contributed by atoms with Crippen LogP contribution < -0.4 is 4.31 Å². The lowest BCUT2D eigenvalue weighted by Crippen LogP contribution is -2.50. The summed E-state index contributed by atoms with van der Waals surface area (Å²) in [6.45, 7) is 4.79. The third-order valence-corrected chi connectivity index (χ3v) is 8.32. The lowest BCUT2D eigenvalue weighted by Gasteiger charge is -2.35. The normalized spacial score (nSPS) is 14.8. The van der Waals surface area contributed by atoms with E-state index in [4.69, 9.17) is 4.42 Å². The second kappa shape index (κ2) is 12.0. The predicted octanol–water partition coefficient (Wildman–Crippen LogP) is 3.02. The van der Waals surface area contributed by atoms with Crippen LogP contribution in [0, 0.1) is 0 Å². The van der Waals surface area contributed by atoms with Crippen LogP contribution >= 0.6 is 0 Å². The van der Waals surface area contributed by atoms with E-state index in [1.165, 1.54) is 15.7 Å². The minimum absolute atomic E-state index is 0.0362. The predicted molar refractivity (Wildman–Crippen MR) is 138 cm³/mol. The number of carbonyl (C=O) groups excluding carboxylic acids is 1. The first-order valence-electron chi connectivity index (χ1n) is 12.1. The Labute approximate surface area is 220 Å². The molecule has 3 aromatic rings. The first-order valence-corrected chi connectivity index (χ1v) is 13.5.